The molecule has 1 aromatic rings. The number of likely N-dealkylation sites (tertiary alicyclic amines) is 1. The Kier molecular flexibility index (Phi) is 5.34. The fourth-order valence-corrected chi connectivity index (χ4v) is 4.18. The van der Waals surface area contributed by atoms with E-state index in [1.165, 1.54) is 32.1 Å². The highest BCUT2D eigenvalue weighted by Gasteiger charge is 2.34. The molecule has 130 valence electrons. The molecule has 0 aromatic heterocycles. The summed E-state index contributed by atoms with van der Waals surface area (Å²) < 4.78 is 0. The van der Waals surface area contributed by atoms with Crippen LogP contribution in [-0.2, 0) is 4.79 Å². The monoisotopic (exact) mass is 328 g/mol. The number of Topliss-reactive ketones (excluding diaryl/α,β-unsaturated/α-hetero) is 1. The number of amides is 1. The van der Waals surface area contributed by atoms with E-state index in [1.54, 1.807) is 31.2 Å². The summed E-state index contributed by atoms with van der Waals surface area (Å²) in [5.41, 5.74) is 1.42. The van der Waals surface area contributed by atoms with Crippen LogP contribution < -0.4 is 5.32 Å². The van der Waals surface area contributed by atoms with Crippen molar-refractivity contribution in [1.82, 2.24) is 4.90 Å². The summed E-state index contributed by atoms with van der Waals surface area (Å²) in [5, 5.41) is 2.99. The number of carbonyl (C=O) groups excluding carboxylic acids is 2. The Morgan fingerprint density at radius 1 is 1.08 bits per heavy atom. The predicted octanol–water partition coefficient (Wildman–Crippen LogP) is 3.73. The van der Waals surface area contributed by atoms with Crippen molar-refractivity contribution in [2.45, 2.75) is 52.0 Å². The first-order valence-electron chi connectivity index (χ1n) is 9.20. The van der Waals surface area contributed by atoms with Crippen LogP contribution in [0.25, 0.3) is 0 Å². The van der Waals surface area contributed by atoms with Gasteiger partial charge in [0.1, 0.15) is 0 Å². The van der Waals surface area contributed by atoms with E-state index in [0.29, 0.717) is 5.56 Å². The minimum atomic E-state index is -0.111. The maximum absolute atomic E-state index is 12.6. The molecule has 1 aromatic carbocycles. The Hall–Kier alpha value is -1.68. The minimum absolute atomic E-state index is 0.0385. The molecule has 1 saturated carbocycles. The zero-order valence-electron chi connectivity index (χ0n) is 14.8. The zero-order valence-corrected chi connectivity index (χ0v) is 14.8. The molecule has 2 aliphatic rings. The summed E-state index contributed by atoms with van der Waals surface area (Å²) in [6, 6.07) is 7.01. The van der Waals surface area contributed by atoms with Gasteiger partial charge in [-0.05, 0) is 69.3 Å². The van der Waals surface area contributed by atoms with Gasteiger partial charge < -0.3 is 5.32 Å². The van der Waals surface area contributed by atoms with Crippen LogP contribution in [-0.4, -0.2) is 35.7 Å². The summed E-state index contributed by atoms with van der Waals surface area (Å²) in [6.45, 7) is 5.63. The molecule has 1 aliphatic heterocycles. The van der Waals surface area contributed by atoms with Gasteiger partial charge in [0.05, 0.1) is 6.04 Å². The second-order valence-corrected chi connectivity index (χ2v) is 7.39. The number of nitrogens with zero attached hydrogens (tertiary/aromatic N) is 1. The number of hydrogen-bond donors (Lipinski definition) is 1. The first-order valence-corrected chi connectivity index (χ1v) is 9.20. The lowest BCUT2D eigenvalue weighted by Gasteiger charge is -2.43. The van der Waals surface area contributed by atoms with Crippen LogP contribution in [0.5, 0.6) is 0 Å². The van der Waals surface area contributed by atoms with E-state index in [4.69, 9.17) is 0 Å². The molecule has 0 spiro atoms. The first kappa shape index (κ1) is 17.2. The van der Waals surface area contributed by atoms with Gasteiger partial charge in [-0.3, -0.25) is 14.5 Å². The SMILES string of the molecule is CC(=O)c1ccc(NC(=O)[C@H](C)N2CC[C@@H]3CCCC[C@@H]3C2)cc1. The van der Waals surface area contributed by atoms with Crippen LogP contribution >= 0.6 is 0 Å². The molecule has 4 heteroatoms. The molecule has 0 unspecified atom stereocenters. The third kappa shape index (κ3) is 3.86. The summed E-state index contributed by atoms with van der Waals surface area (Å²) in [6.07, 6.45) is 6.66. The van der Waals surface area contributed by atoms with E-state index < -0.39 is 0 Å². The predicted molar refractivity (Wildman–Crippen MR) is 96.2 cm³/mol. The summed E-state index contributed by atoms with van der Waals surface area (Å²) in [4.78, 5) is 26.2. The number of benzene rings is 1. The van der Waals surface area contributed by atoms with E-state index in [2.05, 4.69) is 10.2 Å². The molecule has 3 rings (SSSR count). The number of rotatable bonds is 4. The first-order chi connectivity index (χ1) is 11.5. The van der Waals surface area contributed by atoms with Gasteiger partial charge in [0.2, 0.25) is 5.91 Å². The van der Waals surface area contributed by atoms with E-state index in [0.717, 1.165) is 30.6 Å². The molecule has 0 radical (unpaired) electrons. The summed E-state index contributed by atoms with van der Waals surface area (Å²) >= 11 is 0. The Morgan fingerprint density at radius 2 is 1.75 bits per heavy atom. The average molecular weight is 328 g/mol. The molecule has 1 aliphatic carbocycles. The second kappa shape index (κ2) is 7.47. The highest BCUT2D eigenvalue weighted by Crippen LogP contribution is 2.36. The molecule has 4 nitrogen and oxygen atoms in total. The smallest absolute Gasteiger partial charge is 0.241 e. The van der Waals surface area contributed by atoms with Crippen molar-refractivity contribution in [3.8, 4) is 0 Å². The van der Waals surface area contributed by atoms with Crippen molar-refractivity contribution < 1.29 is 9.59 Å². The number of piperidine rings is 1. The van der Waals surface area contributed by atoms with Crippen molar-refractivity contribution in [2.75, 3.05) is 18.4 Å². The molecular weight excluding hydrogens is 300 g/mol. The average Bonchev–Trinajstić information content (AvgIpc) is 2.61. The quantitative estimate of drug-likeness (QED) is 0.857. The maximum Gasteiger partial charge on any atom is 0.241 e. The topological polar surface area (TPSA) is 49.4 Å². The Labute approximate surface area is 144 Å². The van der Waals surface area contributed by atoms with Gasteiger partial charge in [0, 0.05) is 17.8 Å². The molecule has 1 amide bonds. The van der Waals surface area contributed by atoms with Gasteiger partial charge >= 0.3 is 0 Å². The van der Waals surface area contributed by atoms with Gasteiger partial charge in [-0.25, -0.2) is 0 Å². The number of hydrogen-bond acceptors (Lipinski definition) is 3. The molecule has 2 fully saturated rings. The van der Waals surface area contributed by atoms with Crippen LogP contribution in [0.4, 0.5) is 5.69 Å². The maximum atomic E-state index is 12.6. The molecule has 24 heavy (non-hydrogen) atoms. The van der Waals surface area contributed by atoms with E-state index in [9.17, 15) is 9.59 Å². The lowest BCUT2D eigenvalue weighted by molar-refractivity contribution is -0.122. The van der Waals surface area contributed by atoms with E-state index >= 15 is 0 Å². The molecular formula is C20H28N2O2. The van der Waals surface area contributed by atoms with Crippen LogP contribution in [0.1, 0.15) is 56.3 Å². The van der Waals surface area contributed by atoms with Crippen LogP contribution in [0.15, 0.2) is 24.3 Å². The van der Waals surface area contributed by atoms with Crippen molar-refractivity contribution in [3.63, 3.8) is 0 Å². The van der Waals surface area contributed by atoms with Gasteiger partial charge in [-0.2, -0.15) is 0 Å². The minimum Gasteiger partial charge on any atom is -0.325 e. The highest BCUT2D eigenvalue weighted by molar-refractivity contribution is 5.96. The molecule has 1 N–H and O–H groups in total. The van der Waals surface area contributed by atoms with Crippen molar-refractivity contribution in [2.24, 2.45) is 11.8 Å². The number of ketones is 1. The van der Waals surface area contributed by atoms with Gasteiger partial charge in [0.15, 0.2) is 5.78 Å². The Bertz CT molecular complexity index is 596. The number of nitrogens with one attached hydrogen (secondary N) is 1. The van der Waals surface area contributed by atoms with Gasteiger partial charge in [-0.1, -0.05) is 19.3 Å². The largest absolute Gasteiger partial charge is 0.325 e. The Balaban J connectivity index is 1.57. The second-order valence-electron chi connectivity index (χ2n) is 7.39. The van der Waals surface area contributed by atoms with Gasteiger partial charge in [0.25, 0.3) is 0 Å². The lowest BCUT2D eigenvalue weighted by atomic mass is 9.75. The standard InChI is InChI=1S/C20H28N2O2/c1-14(22-12-11-17-5-3-4-6-18(17)13-22)20(24)21-19-9-7-16(8-10-19)15(2)23/h7-10,14,17-18H,3-6,11-13H2,1-2H3,(H,21,24)/t14-,17-,18+/m0/s1. The third-order valence-electron chi connectivity index (χ3n) is 5.81. The van der Waals surface area contributed by atoms with Crippen LogP contribution in [0.2, 0.25) is 0 Å². The van der Waals surface area contributed by atoms with Crippen molar-refractivity contribution >= 4 is 17.4 Å². The molecule has 1 heterocycles. The fourth-order valence-electron chi connectivity index (χ4n) is 4.18. The zero-order chi connectivity index (χ0) is 17.1. The van der Waals surface area contributed by atoms with E-state index in [-0.39, 0.29) is 17.7 Å². The molecule has 3 atom stereocenters. The third-order valence-corrected chi connectivity index (χ3v) is 5.81. The fraction of sp³-hybridized carbons (Fsp3) is 0.600. The normalized spacial score (nSPS) is 25.6. The van der Waals surface area contributed by atoms with E-state index in [1.807, 2.05) is 6.92 Å². The summed E-state index contributed by atoms with van der Waals surface area (Å²) in [7, 11) is 0. The lowest BCUT2D eigenvalue weighted by Crippen LogP contribution is -2.49. The number of carbonyl (C=O) groups is 2. The summed E-state index contributed by atoms with van der Waals surface area (Å²) in [5.74, 6) is 1.73. The van der Waals surface area contributed by atoms with Gasteiger partial charge in [-0.15, -0.1) is 0 Å². The van der Waals surface area contributed by atoms with Crippen molar-refractivity contribution in [1.29, 1.82) is 0 Å². The molecule has 0 bridgehead atoms. The van der Waals surface area contributed by atoms with Crippen molar-refractivity contribution in [3.05, 3.63) is 29.8 Å². The van der Waals surface area contributed by atoms with Crippen LogP contribution in [0, 0.1) is 11.8 Å². The van der Waals surface area contributed by atoms with Crippen LogP contribution in [0.3, 0.4) is 0 Å². The Morgan fingerprint density at radius 3 is 2.42 bits per heavy atom. The molecule has 1 saturated heterocycles. The number of fused-ring (bicyclic) bond motifs is 1. The highest BCUT2D eigenvalue weighted by atomic mass is 16.2. The number of anilines is 1.